The molecule has 0 atom stereocenters. The molecule has 0 bridgehead atoms. The molecule has 0 radical (unpaired) electrons. The van der Waals surface area contributed by atoms with Crippen molar-refractivity contribution in [1.82, 2.24) is 5.32 Å². The summed E-state index contributed by atoms with van der Waals surface area (Å²) < 4.78 is 22.7. The Morgan fingerprint density at radius 1 is 1.17 bits per heavy atom. The second-order valence-electron chi connectivity index (χ2n) is 4.58. The number of nitrogens with one attached hydrogen (secondary N) is 1. The van der Waals surface area contributed by atoms with Gasteiger partial charge >= 0.3 is 0 Å². The van der Waals surface area contributed by atoms with Crippen LogP contribution < -0.4 is 14.8 Å². The van der Waals surface area contributed by atoms with Crippen LogP contribution in [0.4, 0.5) is 4.39 Å². The first kappa shape index (κ1) is 13.1. The molecule has 0 saturated carbocycles. The molecule has 100 valence electrons. The van der Waals surface area contributed by atoms with E-state index in [1.54, 1.807) is 14.2 Å². The van der Waals surface area contributed by atoms with Crippen molar-refractivity contribution < 1.29 is 13.9 Å². The average Bonchev–Trinajstić information content (AvgIpc) is 2.78. The highest BCUT2D eigenvalue weighted by Gasteiger charge is 2.23. The molecule has 3 nitrogen and oxygen atoms in total. The summed E-state index contributed by atoms with van der Waals surface area (Å²) in [7, 11) is 3.30. The third-order valence-electron chi connectivity index (χ3n) is 3.38. The Morgan fingerprint density at radius 2 is 1.72 bits per heavy atom. The van der Waals surface area contributed by atoms with E-state index in [1.807, 2.05) is 12.1 Å². The Kier molecular flexibility index (Phi) is 4.42. The van der Waals surface area contributed by atoms with Crippen LogP contribution in [0.2, 0.25) is 0 Å². The first-order chi connectivity index (χ1) is 8.78. The highest BCUT2D eigenvalue weighted by Crippen LogP contribution is 2.34. The van der Waals surface area contributed by atoms with Crippen molar-refractivity contribution in [3.05, 3.63) is 23.3 Å². The predicted octanol–water partition coefficient (Wildman–Crippen LogP) is 2.12. The highest BCUT2D eigenvalue weighted by molar-refractivity contribution is 5.49. The Balaban J connectivity index is 2.05. The van der Waals surface area contributed by atoms with Gasteiger partial charge in [-0.05, 0) is 49.1 Å². The van der Waals surface area contributed by atoms with E-state index >= 15 is 0 Å². The monoisotopic (exact) mass is 253 g/mol. The minimum atomic E-state index is -0.256. The first-order valence-corrected chi connectivity index (χ1v) is 6.31. The molecule has 1 aromatic rings. The van der Waals surface area contributed by atoms with Gasteiger partial charge in [0.15, 0.2) is 11.5 Å². The molecule has 2 rings (SSSR count). The molecule has 1 aliphatic rings. The average molecular weight is 253 g/mol. The molecule has 0 aliphatic heterocycles. The Bertz CT molecular complexity index is 376. The quantitative estimate of drug-likeness (QED) is 0.788. The van der Waals surface area contributed by atoms with Gasteiger partial charge in [0.1, 0.15) is 0 Å². The number of benzene rings is 1. The van der Waals surface area contributed by atoms with Gasteiger partial charge in [-0.3, -0.25) is 4.39 Å². The summed E-state index contributed by atoms with van der Waals surface area (Å²) in [6.45, 7) is 0.484. The number of fused-ring (bicyclic) bond motifs is 1. The molecule has 1 N–H and O–H groups in total. The smallest absolute Gasteiger partial charge is 0.161 e. The molecule has 0 saturated heterocycles. The van der Waals surface area contributed by atoms with Gasteiger partial charge < -0.3 is 14.8 Å². The fourth-order valence-electron chi connectivity index (χ4n) is 2.46. The fraction of sp³-hybridized carbons (Fsp3) is 0.571. The molecule has 0 fully saturated rings. The maximum atomic E-state index is 12.1. The zero-order valence-electron chi connectivity index (χ0n) is 11.0. The molecule has 0 heterocycles. The van der Waals surface area contributed by atoms with Crippen LogP contribution in [0.25, 0.3) is 0 Å². The van der Waals surface area contributed by atoms with Gasteiger partial charge in [0.2, 0.25) is 0 Å². The van der Waals surface area contributed by atoms with Crippen molar-refractivity contribution in [3.8, 4) is 11.5 Å². The van der Waals surface area contributed by atoms with Gasteiger partial charge in [0, 0.05) is 6.04 Å². The number of rotatable bonds is 6. The first-order valence-electron chi connectivity index (χ1n) is 6.31. The SMILES string of the molecule is COc1cc2c(cc1OC)CC(NCCCF)C2. The third kappa shape index (κ3) is 2.75. The van der Waals surface area contributed by atoms with Gasteiger partial charge in [-0.15, -0.1) is 0 Å². The lowest BCUT2D eigenvalue weighted by Gasteiger charge is -2.10. The summed E-state index contributed by atoms with van der Waals surface area (Å²) in [5.74, 6) is 1.56. The molecule has 0 spiro atoms. The molecule has 0 unspecified atom stereocenters. The lowest BCUT2D eigenvalue weighted by atomic mass is 10.1. The normalized spacial score (nSPS) is 14.6. The Labute approximate surface area is 107 Å². The van der Waals surface area contributed by atoms with E-state index < -0.39 is 0 Å². The van der Waals surface area contributed by atoms with Crippen LogP contribution in [-0.4, -0.2) is 33.5 Å². The van der Waals surface area contributed by atoms with E-state index in [9.17, 15) is 4.39 Å². The van der Waals surface area contributed by atoms with Gasteiger partial charge in [-0.1, -0.05) is 0 Å². The van der Waals surface area contributed by atoms with Crippen LogP contribution in [0.1, 0.15) is 17.5 Å². The summed E-state index contributed by atoms with van der Waals surface area (Å²) >= 11 is 0. The van der Waals surface area contributed by atoms with Crippen LogP contribution >= 0.6 is 0 Å². The van der Waals surface area contributed by atoms with E-state index in [-0.39, 0.29) is 6.67 Å². The Hall–Kier alpha value is -1.29. The van der Waals surface area contributed by atoms with Crippen LogP contribution in [0, 0.1) is 0 Å². The van der Waals surface area contributed by atoms with E-state index in [4.69, 9.17) is 9.47 Å². The topological polar surface area (TPSA) is 30.5 Å². The summed E-state index contributed by atoms with van der Waals surface area (Å²) in [6.07, 6.45) is 2.53. The molecular weight excluding hydrogens is 233 g/mol. The number of ether oxygens (including phenoxy) is 2. The predicted molar refractivity (Wildman–Crippen MR) is 69.3 cm³/mol. The number of halogens is 1. The summed E-state index contributed by atoms with van der Waals surface area (Å²) in [5.41, 5.74) is 2.59. The number of hydrogen-bond donors (Lipinski definition) is 1. The number of methoxy groups -OCH3 is 2. The van der Waals surface area contributed by atoms with Crippen molar-refractivity contribution in [2.24, 2.45) is 0 Å². The molecule has 0 amide bonds. The summed E-state index contributed by atoms with van der Waals surface area (Å²) in [6, 6.07) is 4.50. The van der Waals surface area contributed by atoms with Crippen LogP contribution in [0.15, 0.2) is 12.1 Å². The van der Waals surface area contributed by atoms with Crippen molar-refractivity contribution in [3.63, 3.8) is 0 Å². The van der Waals surface area contributed by atoms with E-state index in [2.05, 4.69) is 5.32 Å². The van der Waals surface area contributed by atoms with Crippen LogP contribution in [0.5, 0.6) is 11.5 Å². The maximum Gasteiger partial charge on any atom is 0.161 e. The van der Waals surface area contributed by atoms with E-state index in [1.165, 1.54) is 11.1 Å². The molecule has 0 aromatic heterocycles. The zero-order chi connectivity index (χ0) is 13.0. The lowest BCUT2D eigenvalue weighted by molar-refractivity contribution is 0.354. The molecule has 18 heavy (non-hydrogen) atoms. The Morgan fingerprint density at radius 3 is 2.17 bits per heavy atom. The van der Waals surface area contributed by atoms with E-state index in [0.29, 0.717) is 12.5 Å². The van der Waals surface area contributed by atoms with Crippen molar-refractivity contribution in [2.75, 3.05) is 27.4 Å². The highest BCUT2D eigenvalue weighted by atomic mass is 19.1. The van der Waals surface area contributed by atoms with Gasteiger partial charge in [-0.2, -0.15) is 0 Å². The van der Waals surface area contributed by atoms with Gasteiger partial charge in [0.05, 0.1) is 20.9 Å². The van der Waals surface area contributed by atoms with Gasteiger partial charge in [0.25, 0.3) is 0 Å². The number of hydrogen-bond acceptors (Lipinski definition) is 3. The summed E-state index contributed by atoms with van der Waals surface area (Å²) in [5, 5.41) is 3.38. The maximum absolute atomic E-state index is 12.1. The summed E-state index contributed by atoms with van der Waals surface area (Å²) in [4.78, 5) is 0. The molecule has 4 heteroatoms. The second-order valence-corrected chi connectivity index (χ2v) is 4.58. The third-order valence-corrected chi connectivity index (χ3v) is 3.38. The molecule has 1 aromatic carbocycles. The van der Waals surface area contributed by atoms with Crippen molar-refractivity contribution >= 4 is 0 Å². The van der Waals surface area contributed by atoms with Crippen LogP contribution in [0.3, 0.4) is 0 Å². The fourth-order valence-corrected chi connectivity index (χ4v) is 2.46. The van der Waals surface area contributed by atoms with E-state index in [0.717, 1.165) is 30.9 Å². The minimum absolute atomic E-state index is 0.256. The number of alkyl halides is 1. The van der Waals surface area contributed by atoms with Crippen molar-refractivity contribution in [2.45, 2.75) is 25.3 Å². The molecular formula is C14H20FNO2. The zero-order valence-corrected chi connectivity index (χ0v) is 11.0. The van der Waals surface area contributed by atoms with Crippen LogP contribution in [-0.2, 0) is 12.8 Å². The van der Waals surface area contributed by atoms with Gasteiger partial charge in [-0.25, -0.2) is 0 Å². The largest absolute Gasteiger partial charge is 0.493 e. The lowest BCUT2D eigenvalue weighted by Crippen LogP contribution is -2.30. The molecule has 1 aliphatic carbocycles. The van der Waals surface area contributed by atoms with Crippen molar-refractivity contribution in [1.29, 1.82) is 0 Å². The second kappa shape index (κ2) is 6.05. The standard InChI is InChI=1S/C14H20FNO2/c1-17-13-8-10-6-12(16-5-3-4-15)7-11(10)9-14(13)18-2/h8-9,12,16H,3-7H2,1-2H3. The minimum Gasteiger partial charge on any atom is -0.493 e.